The molecule has 2 aliphatic heterocycles. The fourth-order valence-corrected chi connectivity index (χ4v) is 4.35. The molecule has 0 aliphatic carbocycles. The standard InChI is InChI=1S/C22H27N5O2/c1-2-10-26-15-18(14-21(26)28)22(29)25-11-8-17(9-12-25)13-20-24-23-16-27(20)19-6-4-3-5-7-19/h2-7,16-18H,1,8-15H2/t18-/m0/s1. The van der Waals surface area contributed by atoms with Crippen molar-refractivity contribution in [3.8, 4) is 5.69 Å². The molecule has 1 aromatic carbocycles. The van der Waals surface area contributed by atoms with Crippen molar-refractivity contribution in [1.29, 1.82) is 0 Å². The lowest BCUT2D eigenvalue weighted by Gasteiger charge is -2.33. The van der Waals surface area contributed by atoms with Crippen LogP contribution in [0.25, 0.3) is 5.69 Å². The van der Waals surface area contributed by atoms with E-state index in [1.165, 1.54) is 0 Å². The number of nitrogens with zero attached hydrogens (tertiary/aromatic N) is 5. The number of benzene rings is 1. The molecule has 0 saturated carbocycles. The van der Waals surface area contributed by atoms with Crippen LogP contribution in [0, 0.1) is 11.8 Å². The van der Waals surface area contributed by atoms with Gasteiger partial charge < -0.3 is 9.80 Å². The molecule has 1 atom stereocenters. The van der Waals surface area contributed by atoms with E-state index in [-0.39, 0.29) is 17.7 Å². The number of hydrogen-bond acceptors (Lipinski definition) is 4. The highest BCUT2D eigenvalue weighted by Crippen LogP contribution is 2.26. The summed E-state index contributed by atoms with van der Waals surface area (Å²) in [5.74, 6) is 1.41. The Morgan fingerprint density at radius 3 is 2.69 bits per heavy atom. The van der Waals surface area contributed by atoms with Gasteiger partial charge in [0.1, 0.15) is 12.2 Å². The van der Waals surface area contributed by atoms with E-state index < -0.39 is 0 Å². The highest BCUT2D eigenvalue weighted by molar-refractivity contribution is 5.89. The van der Waals surface area contributed by atoms with E-state index in [1.54, 1.807) is 17.3 Å². The van der Waals surface area contributed by atoms with Crippen LogP contribution < -0.4 is 0 Å². The van der Waals surface area contributed by atoms with Crippen LogP contribution >= 0.6 is 0 Å². The van der Waals surface area contributed by atoms with E-state index in [0.717, 1.165) is 43.9 Å². The van der Waals surface area contributed by atoms with Crippen molar-refractivity contribution >= 4 is 11.8 Å². The Bertz CT molecular complexity index is 870. The van der Waals surface area contributed by atoms with E-state index in [9.17, 15) is 9.59 Å². The highest BCUT2D eigenvalue weighted by Gasteiger charge is 2.37. The second-order valence-corrected chi connectivity index (χ2v) is 7.91. The van der Waals surface area contributed by atoms with Crippen molar-refractivity contribution in [2.24, 2.45) is 11.8 Å². The van der Waals surface area contributed by atoms with E-state index >= 15 is 0 Å². The minimum atomic E-state index is -0.208. The van der Waals surface area contributed by atoms with Crippen molar-refractivity contribution in [2.45, 2.75) is 25.7 Å². The zero-order valence-corrected chi connectivity index (χ0v) is 16.6. The van der Waals surface area contributed by atoms with E-state index in [0.29, 0.717) is 25.4 Å². The van der Waals surface area contributed by atoms with Gasteiger partial charge in [-0.3, -0.25) is 14.2 Å². The molecule has 2 aromatic rings. The molecule has 0 unspecified atom stereocenters. The summed E-state index contributed by atoms with van der Waals surface area (Å²) in [6.45, 7) is 6.21. The maximum atomic E-state index is 12.9. The number of amides is 2. The van der Waals surface area contributed by atoms with Crippen LogP contribution in [0.2, 0.25) is 0 Å². The summed E-state index contributed by atoms with van der Waals surface area (Å²) in [4.78, 5) is 28.5. The third-order valence-corrected chi connectivity index (χ3v) is 5.96. The summed E-state index contributed by atoms with van der Waals surface area (Å²) >= 11 is 0. The first-order valence-corrected chi connectivity index (χ1v) is 10.3. The second kappa shape index (κ2) is 8.59. The molecule has 152 valence electrons. The fraction of sp³-hybridized carbons (Fsp3) is 0.455. The fourth-order valence-electron chi connectivity index (χ4n) is 4.35. The average Bonchev–Trinajstić information content (AvgIpc) is 3.36. The van der Waals surface area contributed by atoms with E-state index in [4.69, 9.17) is 0 Å². The van der Waals surface area contributed by atoms with Crippen LogP contribution in [0.3, 0.4) is 0 Å². The molecule has 2 amide bonds. The molecule has 29 heavy (non-hydrogen) atoms. The van der Waals surface area contributed by atoms with Crippen molar-refractivity contribution in [2.75, 3.05) is 26.2 Å². The van der Waals surface area contributed by atoms with Gasteiger partial charge in [-0.05, 0) is 30.9 Å². The maximum absolute atomic E-state index is 12.9. The van der Waals surface area contributed by atoms with Crippen LogP contribution in [-0.2, 0) is 16.0 Å². The minimum Gasteiger partial charge on any atom is -0.342 e. The Labute approximate surface area is 171 Å². The van der Waals surface area contributed by atoms with Gasteiger partial charge in [0.05, 0.1) is 5.92 Å². The van der Waals surface area contributed by atoms with Crippen molar-refractivity contribution in [3.63, 3.8) is 0 Å². The van der Waals surface area contributed by atoms with Gasteiger partial charge in [-0.2, -0.15) is 0 Å². The molecular formula is C22H27N5O2. The Kier molecular flexibility index (Phi) is 5.74. The Hall–Kier alpha value is -2.96. The number of carbonyl (C=O) groups is 2. The molecule has 7 heteroatoms. The van der Waals surface area contributed by atoms with Gasteiger partial charge in [0.2, 0.25) is 11.8 Å². The summed E-state index contributed by atoms with van der Waals surface area (Å²) in [6.07, 6.45) is 6.55. The second-order valence-electron chi connectivity index (χ2n) is 7.91. The molecule has 2 aliphatic rings. The van der Waals surface area contributed by atoms with Gasteiger partial charge >= 0.3 is 0 Å². The van der Waals surface area contributed by atoms with E-state index in [2.05, 4.69) is 16.8 Å². The lowest BCUT2D eigenvalue weighted by molar-refractivity contribution is -0.137. The van der Waals surface area contributed by atoms with Crippen molar-refractivity contribution in [1.82, 2.24) is 24.6 Å². The number of piperidine rings is 1. The maximum Gasteiger partial charge on any atom is 0.227 e. The molecule has 0 radical (unpaired) electrons. The number of aromatic nitrogens is 3. The first-order chi connectivity index (χ1) is 14.2. The number of rotatable bonds is 6. The lowest BCUT2D eigenvalue weighted by Crippen LogP contribution is -2.42. The average molecular weight is 393 g/mol. The topological polar surface area (TPSA) is 71.3 Å². The zero-order chi connectivity index (χ0) is 20.2. The molecule has 0 bridgehead atoms. The number of carbonyl (C=O) groups excluding carboxylic acids is 2. The smallest absolute Gasteiger partial charge is 0.227 e. The summed E-state index contributed by atoms with van der Waals surface area (Å²) in [5.41, 5.74) is 1.06. The first-order valence-electron chi connectivity index (χ1n) is 10.3. The molecule has 4 rings (SSSR count). The summed E-state index contributed by atoms with van der Waals surface area (Å²) in [5, 5.41) is 8.41. The third-order valence-electron chi connectivity index (χ3n) is 5.96. The summed E-state index contributed by atoms with van der Waals surface area (Å²) < 4.78 is 2.04. The van der Waals surface area contributed by atoms with Crippen LogP contribution in [0.5, 0.6) is 0 Å². The molecule has 0 spiro atoms. The van der Waals surface area contributed by atoms with Gasteiger partial charge in [-0.1, -0.05) is 24.3 Å². The van der Waals surface area contributed by atoms with Crippen LogP contribution in [0.1, 0.15) is 25.1 Å². The van der Waals surface area contributed by atoms with Gasteiger partial charge in [0, 0.05) is 44.7 Å². The normalized spacial score (nSPS) is 20.3. The van der Waals surface area contributed by atoms with Crippen LogP contribution in [0.15, 0.2) is 49.3 Å². The molecule has 3 heterocycles. The van der Waals surface area contributed by atoms with Gasteiger partial charge in [-0.15, -0.1) is 16.8 Å². The summed E-state index contributed by atoms with van der Waals surface area (Å²) in [6, 6.07) is 10.1. The first kappa shape index (κ1) is 19.4. The molecule has 1 aromatic heterocycles. The van der Waals surface area contributed by atoms with Gasteiger partial charge in [0.25, 0.3) is 0 Å². The van der Waals surface area contributed by atoms with E-state index in [1.807, 2.05) is 39.8 Å². The molecule has 2 fully saturated rings. The van der Waals surface area contributed by atoms with Crippen LogP contribution in [0.4, 0.5) is 0 Å². The SMILES string of the molecule is C=CCN1C[C@@H](C(=O)N2CCC(Cc3nncn3-c3ccccc3)CC2)CC1=O. The monoisotopic (exact) mass is 393 g/mol. The third kappa shape index (κ3) is 4.23. The van der Waals surface area contributed by atoms with Crippen molar-refractivity contribution in [3.05, 3.63) is 55.1 Å². The van der Waals surface area contributed by atoms with Gasteiger partial charge in [-0.25, -0.2) is 0 Å². The molecule has 0 N–H and O–H groups in total. The summed E-state index contributed by atoms with van der Waals surface area (Å²) in [7, 11) is 0. The predicted octanol–water partition coefficient (Wildman–Crippen LogP) is 2.08. The molecule has 2 saturated heterocycles. The molecule has 7 nitrogen and oxygen atoms in total. The minimum absolute atomic E-state index is 0.0541. The number of para-hydroxylation sites is 1. The predicted molar refractivity (Wildman–Crippen MR) is 109 cm³/mol. The van der Waals surface area contributed by atoms with Crippen LogP contribution in [-0.4, -0.2) is 62.6 Å². The Morgan fingerprint density at radius 1 is 1.21 bits per heavy atom. The largest absolute Gasteiger partial charge is 0.342 e. The number of hydrogen-bond donors (Lipinski definition) is 0. The number of likely N-dealkylation sites (tertiary alicyclic amines) is 2. The van der Waals surface area contributed by atoms with Gasteiger partial charge in [0.15, 0.2) is 0 Å². The Balaban J connectivity index is 1.32. The van der Waals surface area contributed by atoms with Crippen molar-refractivity contribution < 1.29 is 9.59 Å². The zero-order valence-electron chi connectivity index (χ0n) is 16.6. The molecular weight excluding hydrogens is 366 g/mol. The highest BCUT2D eigenvalue weighted by atomic mass is 16.2. The lowest BCUT2D eigenvalue weighted by atomic mass is 9.92. The Morgan fingerprint density at radius 2 is 1.97 bits per heavy atom. The quantitative estimate of drug-likeness (QED) is 0.705.